The highest BCUT2D eigenvalue weighted by atomic mass is 19.4. The molecule has 0 aliphatic heterocycles. The first-order valence-electron chi connectivity index (χ1n) is 9.68. The van der Waals surface area contributed by atoms with Crippen LogP contribution in [0, 0.1) is 0 Å². The van der Waals surface area contributed by atoms with Gasteiger partial charge in [-0.1, -0.05) is 12.1 Å². The molecule has 1 N–H and O–H groups in total. The molecule has 2 aromatic carbocycles. The molecule has 3 rings (SSSR count). The highest BCUT2D eigenvalue weighted by molar-refractivity contribution is 5.96. The summed E-state index contributed by atoms with van der Waals surface area (Å²) < 4.78 is 47.3. The van der Waals surface area contributed by atoms with Crippen molar-refractivity contribution in [3.05, 3.63) is 59.2 Å². The molecule has 0 atom stereocenters. The Balaban J connectivity index is 1.72. The van der Waals surface area contributed by atoms with E-state index in [1.165, 1.54) is 26.4 Å². The molecule has 9 heteroatoms. The van der Waals surface area contributed by atoms with E-state index >= 15 is 0 Å². The van der Waals surface area contributed by atoms with Crippen molar-refractivity contribution >= 4 is 11.8 Å². The van der Waals surface area contributed by atoms with Crippen LogP contribution in [0.3, 0.4) is 0 Å². The Hall–Kier alpha value is -3.23. The fraction of sp³-hybridized carbons (Fsp3) is 0.364. The lowest BCUT2D eigenvalue weighted by Crippen LogP contribution is -2.34. The molecule has 1 fully saturated rings. The number of hydrogen-bond acceptors (Lipinski definition) is 4. The van der Waals surface area contributed by atoms with E-state index in [1.54, 1.807) is 35.2 Å². The van der Waals surface area contributed by atoms with Gasteiger partial charge in [-0.25, -0.2) is 0 Å². The van der Waals surface area contributed by atoms with Crippen molar-refractivity contribution in [3.63, 3.8) is 0 Å². The molecule has 0 heterocycles. The molecule has 0 bridgehead atoms. The summed E-state index contributed by atoms with van der Waals surface area (Å²) >= 11 is 0. The summed E-state index contributed by atoms with van der Waals surface area (Å²) in [6.45, 7) is -1.07. The summed E-state index contributed by atoms with van der Waals surface area (Å²) in [6, 6.07) is 11.3. The zero-order valence-corrected chi connectivity index (χ0v) is 17.2. The van der Waals surface area contributed by atoms with Crippen molar-refractivity contribution in [2.75, 3.05) is 20.8 Å². The molecule has 0 radical (unpaired) electrons. The molecule has 0 unspecified atom stereocenters. The second kappa shape index (κ2) is 9.28. The Labute approximate surface area is 177 Å². The Kier molecular flexibility index (Phi) is 6.72. The van der Waals surface area contributed by atoms with Crippen LogP contribution < -0.4 is 14.8 Å². The number of carbonyl (C=O) groups excluding carboxylic acids is 2. The molecule has 1 aliphatic rings. The summed E-state index contributed by atoms with van der Waals surface area (Å²) in [5.74, 6) is 0.0366. The highest BCUT2D eigenvalue weighted by Gasteiger charge is 2.33. The number of nitrogens with zero attached hydrogens (tertiary/aromatic N) is 1. The third kappa shape index (κ3) is 6.13. The lowest BCUT2D eigenvalue weighted by atomic mass is 10.1. The van der Waals surface area contributed by atoms with E-state index in [0.29, 0.717) is 23.6 Å². The molecule has 2 amide bonds. The van der Waals surface area contributed by atoms with Crippen molar-refractivity contribution < 1.29 is 32.2 Å². The van der Waals surface area contributed by atoms with Crippen LogP contribution in [0.15, 0.2) is 42.5 Å². The summed E-state index contributed by atoms with van der Waals surface area (Å²) in [6.07, 6.45) is -2.68. The zero-order valence-electron chi connectivity index (χ0n) is 17.2. The largest absolute Gasteiger partial charge is 0.497 e. The van der Waals surface area contributed by atoms with Crippen LogP contribution in [0.1, 0.15) is 39.1 Å². The first kappa shape index (κ1) is 22.5. The van der Waals surface area contributed by atoms with Gasteiger partial charge in [-0.15, -0.1) is 0 Å². The van der Waals surface area contributed by atoms with Gasteiger partial charge in [0.05, 0.1) is 14.2 Å². The molecule has 1 aliphatic carbocycles. The van der Waals surface area contributed by atoms with Gasteiger partial charge < -0.3 is 19.7 Å². The highest BCUT2D eigenvalue weighted by Crippen LogP contribution is 2.31. The molecule has 0 spiro atoms. The average molecular weight is 436 g/mol. The Morgan fingerprint density at radius 2 is 1.58 bits per heavy atom. The number of alkyl halides is 3. The van der Waals surface area contributed by atoms with Crippen LogP contribution >= 0.6 is 0 Å². The van der Waals surface area contributed by atoms with Gasteiger partial charge in [0.15, 0.2) is 0 Å². The number of amides is 2. The standard InChI is InChI=1S/C22H23F3N2O4/c1-30-18-9-16(10-19(11-18)31-2)21(29)27(17-7-8-17)12-14-3-5-15(6-4-14)20(28)26-13-22(23,24)25/h3-6,9-11,17H,7-8,12-13H2,1-2H3,(H,26,28). The number of rotatable bonds is 8. The van der Waals surface area contributed by atoms with Gasteiger partial charge in [-0.3, -0.25) is 9.59 Å². The molecule has 1 saturated carbocycles. The smallest absolute Gasteiger partial charge is 0.405 e. The van der Waals surface area contributed by atoms with E-state index < -0.39 is 18.6 Å². The molecule has 0 saturated heterocycles. The van der Waals surface area contributed by atoms with E-state index in [9.17, 15) is 22.8 Å². The number of carbonyl (C=O) groups is 2. The van der Waals surface area contributed by atoms with Gasteiger partial charge in [0.25, 0.3) is 11.8 Å². The fourth-order valence-electron chi connectivity index (χ4n) is 3.09. The zero-order chi connectivity index (χ0) is 22.6. The Morgan fingerprint density at radius 1 is 1.00 bits per heavy atom. The third-order valence-corrected chi connectivity index (χ3v) is 4.87. The molecule has 31 heavy (non-hydrogen) atoms. The summed E-state index contributed by atoms with van der Waals surface area (Å²) in [7, 11) is 3.02. The van der Waals surface area contributed by atoms with E-state index in [4.69, 9.17) is 9.47 Å². The topological polar surface area (TPSA) is 67.9 Å². The minimum absolute atomic E-state index is 0.111. The number of hydrogen-bond donors (Lipinski definition) is 1. The van der Waals surface area contributed by atoms with Gasteiger partial charge in [0.1, 0.15) is 18.0 Å². The number of halogens is 3. The number of ether oxygens (including phenoxy) is 2. The molecule has 6 nitrogen and oxygen atoms in total. The van der Waals surface area contributed by atoms with E-state index in [0.717, 1.165) is 18.4 Å². The summed E-state index contributed by atoms with van der Waals surface area (Å²) in [5.41, 5.74) is 1.32. The third-order valence-electron chi connectivity index (χ3n) is 4.87. The van der Waals surface area contributed by atoms with Crippen LogP contribution in [0.25, 0.3) is 0 Å². The Morgan fingerprint density at radius 3 is 2.06 bits per heavy atom. The van der Waals surface area contributed by atoms with Crippen molar-refractivity contribution in [2.24, 2.45) is 0 Å². The van der Waals surface area contributed by atoms with Gasteiger partial charge >= 0.3 is 6.18 Å². The first-order valence-corrected chi connectivity index (χ1v) is 9.68. The molecular formula is C22H23F3N2O4. The SMILES string of the molecule is COc1cc(OC)cc(C(=O)N(Cc2ccc(C(=O)NCC(F)(F)F)cc2)C2CC2)c1. The van der Waals surface area contributed by atoms with E-state index in [1.807, 2.05) is 5.32 Å². The van der Waals surface area contributed by atoms with Crippen molar-refractivity contribution in [1.29, 1.82) is 0 Å². The van der Waals surface area contributed by atoms with Crippen LogP contribution in [-0.2, 0) is 6.54 Å². The predicted octanol–water partition coefficient (Wildman–Crippen LogP) is 3.80. The maximum absolute atomic E-state index is 13.2. The lowest BCUT2D eigenvalue weighted by Gasteiger charge is -2.23. The predicted molar refractivity (Wildman–Crippen MR) is 107 cm³/mol. The second-order valence-electron chi connectivity index (χ2n) is 7.26. The lowest BCUT2D eigenvalue weighted by molar-refractivity contribution is -0.123. The van der Waals surface area contributed by atoms with Gasteiger partial charge in [-0.2, -0.15) is 13.2 Å². The summed E-state index contributed by atoms with van der Waals surface area (Å²) in [5, 5.41) is 1.84. The van der Waals surface area contributed by atoms with Crippen molar-refractivity contribution in [2.45, 2.75) is 31.6 Å². The first-order chi connectivity index (χ1) is 14.7. The fourth-order valence-corrected chi connectivity index (χ4v) is 3.09. The normalized spacial score (nSPS) is 13.5. The van der Waals surface area contributed by atoms with Crippen LogP contribution in [0.4, 0.5) is 13.2 Å². The van der Waals surface area contributed by atoms with E-state index in [-0.39, 0.29) is 17.5 Å². The maximum Gasteiger partial charge on any atom is 0.405 e. The Bertz CT molecular complexity index is 919. The van der Waals surface area contributed by atoms with Crippen molar-refractivity contribution in [1.82, 2.24) is 10.2 Å². The minimum atomic E-state index is -4.47. The van der Waals surface area contributed by atoms with Gasteiger partial charge in [-0.05, 0) is 42.7 Å². The number of nitrogens with one attached hydrogen (secondary N) is 1. The quantitative estimate of drug-likeness (QED) is 0.684. The molecule has 2 aromatic rings. The monoisotopic (exact) mass is 436 g/mol. The molecule has 0 aromatic heterocycles. The van der Waals surface area contributed by atoms with Crippen LogP contribution in [0.2, 0.25) is 0 Å². The van der Waals surface area contributed by atoms with Crippen LogP contribution in [-0.4, -0.2) is 49.7 Å². The van der Waals surface area contributed by atoms with E-state index in [2.05, 4.69) is 0 Å². The van der Waals surface area contributed by atoms with Gasteiger partial charge in [0.2, 0.25) is 0 Å². The second-order valence-corrected chi connectivity index (χ2v) is 7.26. The van der Waals surface area contributed by atoms with Crippen LogP contribution in [0.5, 0.6) is 11.5 Å². The number of benzene rings is 2. The average Bonchev–Trinajstić information content (AvgIpc) is 3.60. The number of methoxy groups -OCH3 is 2. The van der Waals surface area contributed by atoms with Gasteiger partial charge in [0, 0.05) is 29.8 Å². The maximum atomic E-state index is 13.2. The summed E-state index contributed by atoms with van der Waals surface area (Å²) in [4.78, 5) is 26.8. The molecular weight excluding hydrogens is 413 g/mol. The molecule has 166 valence electrons. The minimum Gasteiger partial charge on any atom is -0.497 e. The van der Waals surface area contributed by atoms with Crippen molar-refractivity contribution in [3.8, 4) is 11.5 Å².